The normalized spacial score (nSPS) is 11.1. The van der Waals surface area contributed by atoms with E-state index in [-0.39, 0.29) is 17.4 Å². The molecule has 0 bridgehead atoms. The van der Waals surface area contributed by atoms with Crippen LogP contribution in [-0.2, 0) is 9.59 Å². The van der Waals surface area contributed by atoms with Crippen molar-refractivity contribution in [2.45, 2.75) is 4.90 Å². The third kappa shape index (κ3) is 8.06. The summed E-state index contributed by atoms with van der Waals surface area (Å²) in [5, 5.41) is 10.8. The molecule has 0 aliphatic heterocycles. The number of hydrogen-bond acceptors (Lipinski definition) is 6. The molecule has 5 rings (SSSR count). The Morgan fingerprint density at radius 3 is 2.22 bits per heavy atom. The molecule has 5 aromatic carbocycles. The van der Waals surface area contributed by atoms with Gasteiger partial charge in [-0.2, -0.15) is 0 Å². The highest BCUT2D eigenvalue weighted by molar-refractivity contribution is 8.00. The lowest BCUT2D eigenvalue weighted by molar-refractivity contribution is -0.114. The molecule has 0 radical (unpaired) electrons. The summed E-state index contributed by atoms with van der Waals surface area (Å²) in [7, 11) is 2.99. The minimum atomic E-state index is -0.482. The highest BCUT2D eigenvalue weighted by Gasteiger charge is 2.17. The van der Waals surface area contributed by atoms with Crippen LogP contribution in [0.5, 0.6) is 11.5 Å². The molecule has 0 saturated heterocycles. The van der Waals surface area contributed by atoms with Crippen molar-refractivity contribution >= 4 is 69.3 Å². The first-order valence-corrected chi connectivity index (χ1v) is 15.5. The Kier molecular flexibility index (Phi) is 10.6. The predicted octanol–water partition coefficient (Wildman–Crippen LogP) is 7.65. The number of carbonyl (C=O) groups excluding carboxylic acids is 3. The molecule has 0 saturated carbocycles. The zero-order valence-electron chi connectivity index (χ0n) is 25.0. The van der Waals surface area contributed by atoms with Gasteiger partial charge in [0.25, 0.3) is 11.8 Å². The second kappa shape index (κ2) is 15.2. The molecule has 10 heteroatoms. The van der Waals surface area contributed by atoms with Gasteiger partial charge in [-0.25, -0.2) is 0 Å². The summed E-state index contributed by atoms with van der Waals surface area (Å²) >= 11 is 7.53. The maximum atomic E-state index is 13.5. The smallest absolute Gasteiger partial charge is 0.272 e. The minimum Gasteiger partial charge on any atom is -0.495 e. The summed E-state index contributed by atoms with van der Waals surface area (Å²) in [6, 6.07) is 32.6. The van der Waals surface area contributed by atoms with Crippen LogP contribution in [-0.4, -0.2) is 37.7 Å². The van der Waals surface area contributed by atoms with Crippen LogP contribution in [0.15, 0.2) is 120 Å². The maximum Gasteiger partial charge on any atom is 0.272 e. The van der Waals surface area contributed by atoms with E-state index in [1.807, 2.05) is 48.5 Å². The van der Waals surface area contributed by atoms with Crippen LogP contribution in [0.25, 0.3) is 16.8 Å². The Balaban J connectivity index is 1.27. The van der Waals surface area contributed by atoms with Crippen LogP contribution in [0.4, 0.5) is 11.4 Å². The van der Waals surface area contributed by atoms with Crippen LogP contribution in [0, 0.1) is 0 Å². The second-order valence-electron chi connectivity index (χ2n) is 9.95. The van der Waals surface area contributed by atoms with Gasteiger partial charge in [-0.3, -0.25) is 14.4 Å². The first-order valence-electron chi connectivity index (χ1n) is 14.2. The zero-order chi connectivity index (χ0) is 32.5. The summed E-state index contributed by atoms with van der Waals surface area (Å²) in [5.74, 6) is -0.145. The lowest BCUT2D eigenvalue weighted by Crippen LogP contribution is -2.30. The number of benzene rings is 5. The largest absolute Gasteiger partial charge is 0.495 e. The average Bonchev–Trinajstić information content (AvgIpc) is 3.08. The Hall–Kier alpha value is -5.25. The van der Waals surface area contributed by atoms with Crippen molar-refractivity contribution in [1.82, 2.24) is 5.32 Å². The Labute approximate surface area is 275 Å². The van der Waals surface area contributed by atoms with E-state index in [4.69, 9.17) is 21.1 Å². The van der Waals surface area contributed by atoms with Gasteiger partial charge in [-0.05, 0) is 64.9 Å². The first-order chi connectivity index (χ1) is 22.3. The monoisotopic (exact) mass is 651 g/mol. The fourth-order valence-electron chi connectivity index (χ4n) is 4.60. The van der Waals surface area contributed by atoms with Crippen molar-refractivity contribution in [2.24, 2.45) is 0 Å². The molecular formula is C36H30ClN3O5S. The number of halogens is 1. The van der Waals surface area contributed by atoms with Gasteiger partial charge in [0.15, 0.2) is 0 Å². The summed E-state index contributed by atoms with van der Waals surface area (Å²) in [6.45, 7) is 0. The number of ether oxygens (including phenoxy) is 2. The summed E-state index contributed by atoms with van der Waals surface area (Å²) < 4.78 is 10.5. The standard InChI is InChI=1S/C36H30ClN3O5S/c1-44-32-21-33(45-2)30(20-29(32)37)39-34(41)22-46-27-17-15-26(16-18-27)38-36(43)31(40-35(42)24-10-4-3-5-11-24)19-25-13-8-12-23-9-6-7-14-28(23)25/h3-21H,22H2,1-2H3,(H,38,43)(H,39,41)(H,40,42)/b31-19-. The summed E-state index contributed by atoms with van der Waals surface area (Å²) in [5.41, 5.74) is 2.27. The lowest BCUT2D eigenvalue weighted by atomic mass is 10.0. The molecule has 0 aliphatic rings. The van der Waals surface area contributed by atoms with Crippen molar-refractivity contribution in [3.8, 4) is 11.5 Å². The van der Waals surface area contributed by atoms with Crippen molar-refractivity contribution in [2.75, 3.05) is 30.6 Å². The number of nitrogens with one attached hydrogen (secondary N) is 3. The van der Waals surface area contributed by atoms with Gasteiger partial charge < -0.3 is 25.4 Å². The number of thioether (sulfide) groups is 1. The predicted molar refractivity (Wildman–Crippen MR) is 185 cm³/mol. The molecular weight excluding hydrogens is 622 g/mol. The molecule has 0 atom stereocenters. The van der Waals surface area contributed by atoms with Crippen LogP contribution in [0.3, 0.4) is 0 Å². The van der Waals surface area contributed by atoms with E-state index in [0.29, 0.717) is 33.5 Å². The fraction of sp³-hybridized carbons (Fsp3) is 0.0833. The number of amides is 3. The minimum absolute atomic E-state index is 0.0920. The molecule has 0 fully saturated rings. The van der Waals surface area contributed by atoms with E-state index >= 15 is 0 Å². The average molecular weight is 652 g/mol. The molecule has 5 aromatic rings. The van der Waals surface area contributed by atoms with E-state index in [1.54, 1.807) is 66.7 Å². The molecule has 0 unspecified atom stereocenters. The third-order valence-corrected chi connectivity index (χ3v) is 8.19. The Morgan fingerprint density at radius 1 is 0.783 bits per heavy atom. The van der Waals surface area contributed by atoms with Crippen LogP contribution in [0.1, 0.15) is 15.9 Å². The number of fused-ring (bicyclic) bond motifs is 1. The molecule has 8 nitrogen and oxygen atoms in total. The van der Waals surface area contributed by atoms with Crippen molar-refractivity contribution in [3.05, 3.63) is 131 Å². The number of carbonyl (C=O) groups is 3. The van der Waals surface area contributed by atoms with Gasteiger partial charge in [0, 0.05) is 22.2 Å². The van der Waals surface area contributed by atoms with Gasteiger partial charge in [0.2, 0.25) is 5.91 Å². The van der Waals surface area contributed by atoms with E-state index in [0.717, 1.165) is 21.2 Å². The number of anilines is 2. The fourth-order valence-corrected chi connectivity index (χ4v) is 5.54. The summed E-state index contributed by atoms with van der Waals surface area (Å²) in [6.07, 6.45) is 1.67. The van der Waals surface area contributed by atoms with Crippen molar-refractivity contribution in [1.29, 1.82) is 0 Å². The number of rotatable bonds is 11. The highest BCUT2D eigenvalue weighted by Crippen LogP contribution is 2.36. The second-order valence-corrected chi connectivity index (χ2v) is 11.4. The molecule has 232 valence electrons. The quantitative estimate of drug-likeness (QED) is 0.100. The molecule has 3 amide bonds. The first kappa shape index (κ1) is 32.2. The number of hydrogen-bond donors (Lipinski definition) is 3. The lowest BCUT2D eigenvalue weighted by Gasteiger charge is -2.13. The molecule has 3 N–H and O–H groups in total. The summed E-state index contributed by atoms with van der Waals surface area (Å²) in [4.78, 5) is 40.1. The highest BCUT2D eigenvalue weighted by atomic mass is 35.5. The van der Waals surface area contributed by atoms with Gasteiger partial charge in [0.1, 0.15) is 17.2 Å². The van der Waals surface area contributed by atoms with E-state index < -0.39 is 11.8 Å². The van der Waals surface area contributed by atoms with Gasteiger partial charge in [-0.1, -0.05) is 72.3 Å². The van der Waals surface area contributed by atoms with Crippen molar-refractivity contribution < 1.29 is 23.9 Å². The third-order valence-electron chi connectivity index (χ3n) is 6.88. The van der Waals surface area contributed by atoms with Crippen LogP contribution in [0.2, 0.25) is 5.02 Å². The van der Waals surface area contributed by atoms with Crippen LogP contribution < -0.4 is 25.4 Å². The number of methoxy groups -OCH3 is 2. The topological polar surface area (TPSA) is 106 Å². The Bertz CT molecular complexity index is 1910. The van der Waals surface area contributed by atoms with Gasteiger partial charge in [-0.15, -0.1) is 11.8 Å². The maximum absolute atomic E-state index is 13.5. The van der Waals surface area contributed by atoms with E-state index in [2.05, 4.69) is 16.0 Å². The van der Waals surface area contributed by atoms with Crippen molar-refractivity contribution in [3.63, 3.8) is 0 Å². The SMILES string of the molecule is COc1cc(OC)c(NC(=O)CSc2ccc(NC(=O)/C(=C/c3cccc4ccccc34)NC(=O)c3ccccc3)cc2)cc1Cl. The van der Waals surface area contributed by atoms with Gasteiger partial charge in [0.05, 0.1) is 30.7 Å². The molecule has 0 aliphatic carbocycles. The van der Waals surface area contributed by atoms with Crippen LogP contribution >= 0.6 is 23.4 Å². The van der Waals surface area contributed by atoms with E-state index in [9.17, 15) is 14.4 Å². The van der Waals surface area contributed by atoms with Gasteiger partial charge >= 0.3 is 0 Å². The molecule has 0 spiro atoms. The molecule has 46 heavy (non-hydrogen) atoms. The van der Waals surface area contributed by atoms with E-state index in [1.165, 1.54) is 26.0 Å². The molecule has 0 aromatic heterocycles. The molecule has 0 heterocycles. The Morgan fingerprint density at radius 2 is 1.48 bits per heavy atom. The zero-order valence-corrected chi connectivity index (χ0v) is 26.6.